The molecule has 0 unspecified atom stereocenters. The number of hydrogen-bond donors (Lipinski definition) is 0. The average Bonchev–Trinajstić information content (AvgIpc) is 3.20. The molecule has 0 radical (unpaired) electrons. The van der Waals surface area contributed by atoms with E-state index in [0.29, 0.717) is 56.4 Å². The molecule has 4 rings (SSSR count). The van der Waals surface area contributed by atoms with Crippen molar-refractivity contribution < 1.29 is 17.7 Å². The van der Waals surface area contributed by atoms with Crippen LogP contribution in [0, 0.1) is 6.92 Å². The number of amides is 1. The fourth-order valence-electron chi connectivity index (χ4n) is 3.65. The molecule has 2 aromatic rings. The third-order valence-electron chi connectivity index (χ3n) is 5.60. The predicted molar refractivity (Wildman–Crippen MR) is 99.3 cm³/mol. The SMILES string of the molecule is Cc1cc(C(=O)N2CC(c3nc(C4CCN(S(C)(=O)=O)CC4)no3)C2)nn1C. The highest BCUT2D eigenvalue weighted by Gasteiger charge is 2.37. The first-order chi connectivity index (χ1) is 13.2. The van der Waals surface area contributed by atoms with Crippen LogP contribution in [0.5, 0.6) is 0 Å². The number of sulfonamides is 1. The van der Waals surface area contributed by atoms with Gasteiger partial charge in [-0.05, 0) is 25.8 Å². The molecule has 2 aromatic heterocycles. The molecule has 0 bridgehead atoms. The number of rotatable bonds is 4. The molecule has 0 aliphatic carbocycles. The van der Waals surface area contributed by atoms with Gasteiger partial charge in [-0.2, -0.15) is 10.1 Å². The molecule has 0 saturated carbocycles. The van der Waals surface area contributed by atoms with E-state index in [9.17, 15) is 13.2 Å². The van der Waals surface area contributed by atoms with Crippen molar-refractivity contribution in [2.75, 3.05) is 32.4 Å². The monoisotopic (exact) mass is 408 g/mol. The van der Waals surface area contributed by atoms with Gasteiger partial charge in [-0.3, -0.25) is 9.48 Å². The summed E-state index contributed by atoms with van der Waals surface area (Å²) in [5.41, 5.74) is 1.38. The fourth-order valence-corrected chi connectivity index (χ4v) is 4.53. The summed E-state index contributed by atoms with van der Waals surface area (Å²) < 4.78 is 31.8. The number of aryl methyl sites for hydroxylation is 2. The Bertz CT molecular complexity index is 964. The molecule has 152 valence electrons. The first-order valence-electron chi connectivity index (χ1n) is 9.31. The highest BCUT2D eigenvalue weighted by Crippen LogP contribution is 2.31. The Morgan fingerprint density at radius 1 is 1.21 bits per heavy atom. The minimum Gasteiger partial charge on any atom is -0.339 e. The van der Waals surface area contributed by atoms with E-state index in [4.69, 9.17) is 4.52 Å². The topological polar surface area (TPSA) is 114 Å². The zero-order valence-electron chi connectivity index (χ0n) is 16.2. The van der Waals surface area contributed by atoms with Crippen molar-refractivity contribution in [3.63, 3.8) is 0 Å². The maximum atomic E-state index is 12.5. The summed E-state index contributed by atoms with van der Waals surface area (Å²) in [7, 11) is -1.34. The summed E-state index contributed by atoms with van der Waals surface area (Å²) in [6.45, 7) is 3.92. The van der Waals surface area contributed by atoms with Crippen LogP contribution < -0.4 is 0 Å². The molecule has 2 saturated heterocycles. The second-order valence-corrected chi connectivity index (χ2v) is 9.61. The first kappa shape index (κ1) is 19.1. The number of aromatic nitrogens is 4. The molecule has 0 atom stereocenters. The van der Waals surface area contributed by atoms with Crippen LogP contribution in [0.4, 0.5) is 0 Å². The lowest BCUT2D eigenvalue weighted by Crippen LogP contribution is -2.48. The van der Waals surface area contributed by atoms with Crippen LogP contribution in [0.2, 0.25) is 0 Å². The van der Waals surface area contributed by atoms with E-state index in [2.05, 4.69) is 15.2 Å². The Balaban J connectivity index is 1.33. The maximum Gasteiger partial charge on any atom is 0.274 e. The van der Waals surface area contributed by atoms with Gasteiger partial charge < -0.3 is 9.42 Å². The van der Waals surface area contributed by atoms with E-state index in [0.717, 1.165) is 5.69 Å². The van der Waals surface area contributed by atoms with E-state index in [1.54, 1.807) is 15.6 Å². The Morgan fingerprint density at radius 3 is 2.46 bits per heavy atom. The Morgan fingerprint density at radius 2 is 1.89 bits per heavy atom. The van der Waals surface area contributed by atoms with Crippen molar-refractivity contribution in [2.24, 2.45) is 7.05 Å². The highest BCUT2D eigenvalue weighted by atomic mass is 32.2. The minimum absolute atomic E-state index is 0.0334. The summed E-state index contributed by atoms with van der Waals surface area (Å²) >= 11 is 0. The van der Waals surface area contributed by atoms with Gasteiger partial charge >= 0.3 is 0 Å². The molecular formula is C17H24N6O4S. The molecule has 28 heavy (non-hydrogen) atoms. The van der Waals surface area contributed by atoms with E-state index < -0.39 is 10.0 Å². The molecule has 2 aliphatic rings. The van der Waals surface area contributed by atoms with Gasteiger partial charge in [-0.25, -0.2) is 12.7 Å². The summed E-state index contributed by atoms with van der Waals surface area (Å²) in [5.74, 6) is 1.22. The van der Waals surface area contributed by atoms with E-state index in [-0.39, 0.29) is 17.7 Å². The summed E-state index contributed by atoms with van der Waals surface area (Å²) in [6, 6.07) is 1.78. The molecule has 11 heteroatoms. The van der Waals surface area contributed by atoms with Crippen LogP contribution in [0.3, 0.4) is 0 Å². The van der Waals surface area contributed by atoms with Gasteiger partial charge in [0.25, 0.3) is 5.91 Å². The van der Waals surface area contributed by atoms with Gasteiger partial charge in [0.05, 0.1) is 12.2 Å². The highest BCUT2D eigenvalue weighted by molar-refractivity contribution is 7.88. The van der Waals surface area contributed by atoms with E-state index in [1.165, 1.54) is 10.6 Å². The predicted octanol–water partition coefficient (Wildman–Crippen LogP) is 0.490. The number of carbonyl (C=O) groups is 1. The van der Waals surface area contributed by atoms with Gasteiger partial charge in [0.2, 0.25) is 15.9 Å². The summed E-state index contributed by atoms with van der Waals surface area (Å²) in [6.07, 6.45) is 2.59. The zero-order chi connectivity index (χ0) is 20.1. The number of likely N-dealkylation sites (tertiary alicyclic amines) is 1. The fraction of sp³-hybridized carbons (Fsp3) is 0.647. The Kier molecular flexibility index (Phi) is 4.74. The average molecular weight is 408 g/mol. The number of carbonyl (C=O) groups excluding carboxylic acids is 1. The van der Waals surface area contributed by atoms with Crippen molar-refractivity contribution >= 4 is 15.9 Å². The smallest absolute Gasteiger partial charge is 0.274 e. The van der Waals surface area contributed by atoms with E-state index in [1.807, 2.05) is 14.0 Å². The van der Waals surface area contributed by atoms with Crippen LogP contribution in [-0.2, 0) is 17.1 Å². The number of nitrogens with zero attached hydrogens (tertiary/aromatic N) is 6. The quantitative estimate of drug-likeness (QED) is 0.723. The van der Waals surface area contributed by atoms with Crippen LogP contribution in [0.1, 0.15) is 52.6 Å². The summed E-state index contributed by atoms with van der Waals surface area (Å²) in [5, 5.41) is 8.33. The molecule has 0 aromatic carbocycles. The van der Waals surface area contributed by atoms with Crippen LogP contribution in [-0.4, -0.2) is 75.9 Å². The third kappa shape index (κ3) is 3.55. The normalized spacial score (nSPS) is 19.8. The largest absolute Gasteiger partial charge is 0.339 e. The van der Waals surface area contributed by atoms with Crippen molar-refractivity contribution in [3.8, 4) is 0 Å². The van der Waals surface area contributed by atoms with Crippen LogP contribution in [0.25, 0.3) is 0 Å². The third-order valence-corrected chi connectivity index (χ3v) is 6.90. The lowest BCUT2D eigenvalue weighted by Gasteiger charge is -2.36. The molecule has 10 nitrogen and oxygen atoms in total. The number of hydrogen-bond acceptors (Lipinski definition) is 7. The van der Waals surface area contributed by atoms with Gasteiger partial charge in [-0.1, -0.05) is 5.16 Å². The van der Waals surface area contributed by atoms with Crippen molar-refractivity contribution in [1.82, 2.24) is 29.1 Å². The molecule has 4 heterocycles. The minimum atomic E-state index is -3.15. The molecule has 0 N–H and O–H groups in total. The van der Waals surface area contributed by atoms with Crippen LogP contribution >= 0.6 is 0 Å². The Labute approximate surface area is 163 Å². The first-order valence-corrected chi connectivity index (χ1v) is 11.2. The summed E-state index contributed by atoms with van der Waals surface area (Å²) in [4.78, 5) is 18.7. The lowest BCUT2D eigenvalue weighted by atomic mass is 9.97. The second-order valence-electron chi connectivity index (χ2n) is 7.63. The van der Waals surface area contributed by atoms with Crippen molar-refractivity contribution in [1.29, 1.82) is 0 Å². The molecule has 2 aliphatic heterocycles. The van der Waals surface area contributed by atoms with Crippen molar-refractivity contribution in [2.45, 2.75) is 31.6 Å². The Hall–Kier alpha value is -2.27. The van der Waals surface area contributed by atoms with Crippen molar-refractivity contribution in [3.05, 3.63) is 29.2 Å². The standard InChI is InChI=1S/C17H24N6O4S/c1-11-8-14(19-21(11)2)17(24)22-9-13(10-22)16-18-15(20-27-16)12-4-6-23(7-5-12)28(3,25)26/h8,12-13H,4-7,9-10H2,1-3H3. The maximum absolute atomic E-state index is 12.5. The molecular weight excluding hydrogens is 384 g/mol. The van der Waals surface area contributed by atoms with Gasteiger partial charge in [0.1, 0.15) is 0 Å². The molecule has 1 amide bonds. The van der Waals surface area contributed by atoms with E-state index >= 15 is 0 Å². The molecule has 0 spiro atoms. The van der Waals surface area contributed by atoms with Gasteiger partial charge in [0, 0.05) is 44.8 Å². The van der Waals surface area contributed by atoms with Gasteiger partial charge in [-0.15, -0.1) is 0 Å². The van der Waals surface area contributed by atoms with Crippen LogP contribution in [0.15, 0.2) is 10.6 Å². The second kappa shape index (κ2) is 6.96. The van der Waals surface area contributed by atoms with Gasteiger partial charge in [0.15, 0.2) is 11.5 Å². The number of piperidine rings is 1. The molecule has 2 fully saturated rings. The lowest BCUT2D eigenvalue weighted by molar-refractivity contribution is 0.0562. The zero-order valence-corrected chi connectivity index (χ0v) is 17.0.